The first kappa shape index (κ1) is 11.7. The predicted molar refractivity (Wildman–Crippen MR) is 46.3 cm³/mol. The van der Waals surface area contributed by atoms with Crippen LogP contribution in [-0.4, -0.2) is 24.1 Å². The lowest BCUT2D eigenvalue weighted by atomic mass is 9.91. The minimum absolute atomic E-state index is 0.0426. The van der Waals surface area contributed by atoms with Crippen molar-refractivity contribution in [2.45, 2.75) is 24.0 Å². The SMILES string of the molecule is O=S(=O)([O-])C(F)(F)C(F)(F)C1C2CC3C(C2)C31. The minimum atomic E-state index is -6.34. The van der Waals surface area contributed by atoms with Crippen LogP contribution in [0.1, 0.15) is 12.8 Å². The maximum atomic E-state index is 13.6. The summed E-state index contributed by atoms with van der Waals surface area (Å²) < 4.78 is 84.4. The molecular weight excluding hydrogens is 264 g/mol. The molecule has 4 saturated carbocycles. The normalized spacial score (nSPS) is 44.2. The van der Waals surface area contributed by atoms with Crippen LogP contribution >= 0.6 is 0 Å². The molecule has 0 aliphatic heterocycles. The van der Waals surface area contributed by atoms with E-state index in [9.17, 15) is 30.5 Å². The van der Waals surface area contributed by atoms with E-state index in [-0.39, 0.29) is 11.8 Å². The Morgan fingerprint density at radius 2 is 1.53 bits per heavy atom. The highest BCUT2D eigenvalue weighted by Crippen LogP contribution is 2.76. The molecule has 0 aromatic rings. The van der Waals surface area contributed by atoms with E-state index in [1.54, 1.807) is 0 Å². The van der Waals surface area contributed by atoms with E-state index >= 15 is 0 Å². The second kappa shape index (κ2) is 2.79. The van der Waals surface area contributed by atoms with Crippen molar-refractivity contribution in [1.29, 1.82) is 0 Å². The van der Waals surface area contributed by atoms with Gasteiger partial charge in [-0.3, -0.25) is 0 Å². The molecule has 4 fully saturated rings. The lowest BCUT2D eigenvalue weighted by molar-refractivity contribution is -0.200. The first-order chi connectivity index (χ1) is 7.59. The van der Waals surface area contributed by atoms with E-state index < -0.39 is 39.0 Å². The van der Waals surface area contributed by atoms with Gasteiger partial charge in [0, 0.05) is 5.92 Å². The molecule has 0 spiro atoms. The van der Waals surface area contributed by atoms with Gasteiger partial charge in [-0.25, -0.2) is 8.42 Å². The summed E-state index contributed by atoms with van der Waals surface area (Å²) in [5.74, 6) is -7.37. The van der Waals surface area contributed by atoms with Crippen LogP contribution in [0.3, 0.4) is 0 Å². The molecule has 4 aliphatic rings. The summed E-state index contributed by atoms with van der Waals surface area (Å²) in [6, 6.07) is 0. The monoisotopic (exact) mass is 273 g/mol. The van der Waals surface area contributed by atoms with Gasteiger partial charge in [-0.2, -0.15) is 17.6 Å². The number of alkyl halides is 4. The molecule has 0 N–H and O–H groups in total. The summed E-state index contributed by atoms with van der Waals surface area (Å²) in [6.45, 7) is 0. The van der Waals surface area contributed by atoms with E-state index in [1.807, 2.05) is 0 Å². The van der Waals surface area contributed by atoms with Gasteiger partial charge in [0.15, 0.2) is 10.1 Å². The smallest absolute Gasteiger partial charge is 0.396 e. The van der Waals surface area contributed by atoms with Gasteiger partial charge in [0.25, 0.3) is 0 Å². The highest BCUT2D eigenvalue weighted by molar-refractivity contribution is 7.86. The fourth-order valence-electron chi connectivity index (χ4n) is 3.97. The summed E-state index contributed by atoms with van der Waals surface area (Å²) in [7, 11) is -6.34. The number of hydrogen-bond acceptors (Lipinski definition) is 3. The van der Waals surface area contributed by atoms with Gasteiger partial charge >= 0.3 is 11.2 Å². The third-order valence-electron chi connectivity index (χ3n) is 4.59. The fraction of sp³-hybridized carbons (Fsp3) is 1.00. The van der Waals surface area contributed by atoms with Crippen molar-refractivity contribution in [1.82, 2.24) is 0 Å². The largest absolute Gasteiger partial charge is 0.743 e. The van der Waals surface area contributed by atoms with Crippen molar-refractivity contribution < 1.29 is 30.5 Å². The van der Waals surface area contributed by atoms with Gasteiger partial charge in [-0.05, 0) is 36.5 Å². The molecule has 98 valence electrons. The zero-order valence-corrected chi connectivity index (χ0v) is 9.26. The topological polar surface area (TPSA) is 57.2 Å². The molecule has 0 aromatic heterocycles. The molecular formula is C9H9F4O3S-. The number of halogens is 4. The molecule has 8 heteroatoms. The summed E-state index contributed by atoms with van der Waals surface area (Å²) >= 11 is 0. The Morgan fingerprint density at radius 1 is 1.06 bits per heavy atom. The van der Waals surface area contributed by atoms with Gasteiger partial charge in [-0.15, -0.1) is 0 Å². The van der Waals surface area contributed by atoms with Gasteiger partial charge in [0.1, 0.15) is 0 Å². The Hall–Kier alpha value is -0.370. The Balaban J connectivity index is 1.97. The quantitative estimate of drug-likeness (QED) is 0.580. The number of hydrogen-bond donors (Lipinski definition) is 0. The summed E-state index contributed by atoms with van der Waals surface area (Å²) in [6.07, 6.45) is 0.926. The molecule has 0 aromatic carbocycles. The van der Waals surface area contributed by atoms with E-state index in [4.69, 9.17) is 0 Å². The average Bonchev–Trinajstić information content (AvgIpc) is 2.59. The van der Waals surface area contributed by atoms with Gasteiger partial charge in [0.05, 0.1) is 0 Å². The minimum Gasteiger partial charge on any atom is -0.743 e. The lowest BCUT2D eigenvalue weighted by Gasteiger charge is -2.34. The highest BCUT2D eigenvalue weighted by Gasteiger charge is 2.79. The molecule has 17 heavy (non-hydrogen) atoms. The lowest BCUT2D eigenvalue weighted by Crippen LogP contribution is -2.52. The van der Waals surface area contributed by atoms with E-state index in [1.165, 1.54) is 0 Å². The third kappa shape index (κ3) is 1.18. The van der Waals surface area contributed by atoms with Crippen LogP contribution in [0, 0.1) is 29.6 Å². The molecule has 3 atom stereocenters. The second-order valence-electron chi connectivity index (χ2n) is 5.26. The van der Waals surface area contributed by atoms with Crippen LogP contribution in [0.2, 0.25) is 0 Å². The van der Waals surface area contributed by atoms with Crippen LogP contribution in [0.5, 0.6) is 0 Å². The standard InChI is InChI=1S/C9H10F4O3S/c10-8(11,9(12,13)17(14,15)16)7-3-1-4-5(2-3)6(4)7/h3-7H,1-2H2,(H,14,15,16)/p-1. The molecule has 4 rings (SSSR count). The van der Waals surface area contributed by atoms with Crippen LogP contribution in [0.15, 0.2) is 0 Å². The molecule has 3 unspecified atom stereocenters. The summed E-state index contributed by atoms with van der Waals surface area (Å²) in [5, 5.41) is -5.50. The Kier molecular flexibility index (Phi) is 1.92. The first-order valence-electron chi connectivity index (χ1n) is 5.30. The zero-order chi connectivity index (χ0) is 12.8. The van der Waals surface area contributed by atoms with E-state index in [2.05, 4.69) is 0 Å². The maximum Gasteiger partial charge on any atom is 0.396 e. The van der Waals surface area contributed by atoms with Gasteiger partial charge in [-0.1, -0.05) is 0 Å². The van der Waals surface area contributed by atoms with Crippen molar-refractivity contribution in [3.63, 3.8) is 0 Å². The average molecular weight is 273 g/mol. The first-order valence-corrected chi connectivity index (χ1v) is 6.71. The highest BCUT2D eigenvalue weighted by atomic mass is 32.2. The second-order valence-corrected chi connectivity index (χ2v) is 6.68. The van der Waals surface area contributed by atoms with Crippen molar-refractivity contribution in [2.24, 2.45) is 29.6 Å². The zero-order valence-electron chi connectivity index (χ0n) is 8.45. The molecule has 0 saturated heterocycles. The molecule has 0 amide bonds. The Labute approximate surface area is 94.9 Å². The van der Waals surface area contributed by atoms with E-state index in [0.29, 0.717) is 12.8 Å². The summed E-state index contributed by atoms with van der Waals surface area (Å²) in [4.78, 5) is 0. The predicted octanol–water partition coefficient (Wildman–Crippen LogP) is 1.66. The molecule has 0 heterocycles. The molecule has 3 nitrogen and oxygen atoms in total. The van der Waals surface area contributed by atoms with Crippen molar-refractivity contribution in [2.75, 3.05) is 0 Å². The maximum absolute atomic E-state index is 13.6. The summed E-state index contributed by atoms with van der Waals surface area (Å²) in [5.41, 5.74) is 0. The Morgan fingerprint density at radius 3 is 1.82 bits per heavy atom. The third-order valence-corrected chi connectivity index (χ3v) is 5.49. The van der Waals surface area contributed by atoms with Gasteiger partial charge in [0.2, 0.25) is 0 Å². The van der Waals surface area contributed by atoms with Crippen LogP contribution in [0.25, 0.3) is 0 Å². The Bertz CT molecular complexity index is 461. The van der Waals surface area contributed by atoms with Gasteiger partial charge < -0.3 is 4.55 Å². The molecule has 0 radical (unpaired) electrons. The van der Waals surface area contributed by atoms with Crippen LogP contribution in [-0.2, 0) is 10.1 Å². The van der Waals surface area contributed by atoms with Crippen molar-refractivity contribution in [3.8, 4) is 0 Å². The molecule has 4 bridgehead atoms. The van der Waals surface area contributed by atoms with Crippen molar-refractivity contribution >= 4 is 10.1 Å². The number of rotatable bonds is 3. The van der Waals surface area contributed by atoms with Crippen LogP contribution in [0.4, 0.5) is 17.6 Å². The van der Waals surface area contributed by atoms with E-state index in [0.717, 1.165) is 0 Å². The fourth-order valence-corrected chi connectivity index (χ4v) is 4.44. The van der Waals surface area contributed by atoms with Crippen molar-refractivity contribution in [3.05, 3.63) is 0 Å². The van der Waals surface area contributed by atoms with Crippen LogP contribution < -0.4 is 0 Å². The molecule has 4 aliphatic carbocycles.